The van der Waals surface area contributed by atoms with E-state index in [4.69, 9.17) is 4.74 Å². The monoisotopic (exact) mass is 344 g/mol. The van der Waals surface area contributed by atoms with Crippen molar-refractivity contribution in [1.29, 1.82) is 0 Å². The van der Waals surface area contributed by atoms with E-state index in [-0.39, 0.29) is 11.6 Å². The van der Waals surface area contributed by atoms with Gasteiger partial charge in [-0.1, -0.05) is 24.3 Å². The molecule has 0 unspecified atom stereocenters. The maximum atomic E-state index is 12.8. The highest BCUT2D eigenvalue weighted by Crippen LogP contribution is 2.33. The van der Waals surface area contributed by atoms with Gasteiger partial charge in [0.1, 0.15) is 5.75 Å². The highest BCUT2D eigenvalue weighted by Gasteiger charge is 2.30. The van der Waals surface area contributed by atoms with Crippen LogP contribution in [0.4, 0.5) is 24.5 Å². The Balaban J connectivity index is 1.83. The number of hydrogen-bond donors (Lipinski definition) is 0. The Bertz CT molecular complexity index is 851. The molecule has 2 aromatic carbocycles. The smallest absolute Gasteiger partial charge is 0.416 e. The molecular weight excluding hydrogens is 329 g/mol. The van der Waals surface area contributed by atoms with Gasteiger partial charge in [-0.15, -0.1) is 0 Å². The van der Waals surface area contributed by atoms with Gasteiger partial charge in [-0.05, 0) is 36.4 Å². The second-order valence-corrected chi connectivity index (χ2v) is 5.37. The number of benzene rings is 2. The quantitative estimate of drug-likeness (QED) is 0.610. The highest BCUT2D eigenvalue weighted by molar-refractivity contribution is 5.62. The Hall–Kier alpha value is -3.02. The van der Waals surface area contributed by atoms with Crippen LogP contribution in [0.3, 0.4) is 0 Å². The lowest BCUT2D eigenvalue weighted by Gasteiger charge is -2.19. The third-order valence-corrected chi connectivity index (χ3v) is 3.63. The standard InChI is InChI=1S/C19H15F3N2O/c1-24(15-7-3-2-4-8-15)16-10-11-23-18(13-16)25-17-9-5-6-14(12-17)19(20,21)22/h2-13H,1H3. The van der Waals surface area contributed by atoms with E-state index in [1.165, 1.54) is 12.1 Å². The Morgan fingerprint density at radius 1 is 0.880 bits per heavy atom. The third kappa shape index (κ3) is 4.09. The summed E-state index contributed by atoms with van der Waals surface area (Å²) in [6, 6.07) is 17.9. The summed E-state index contributed by atoms with van der Waals surface area (Å²) in [5.74, 6) is 0.307. The third-order valence-electron chi connectivity index (χ3n) is 3.63. The number of anilines is 2. The summed E-state index contributed by atoms with van der Waals surface area (Å²) in [6.45, 7) is 0. The number of ether oxygens (including phenoxy) is 1. The molecule has 0 bridgehead atoms. The van der Waals surface area contributed by atoms with Crippen molar-refractivity contribution in [1.82, 2.24) is 4.98 Å². The van der Waals surface area contributed by atoms with Crippen molar-refractivity contribution in [3.05, 3.63) is 78.5 Å². The molecule has 3 aromatic rings. The van der Waals surface area contributed by atoms with Crippen LogP contribution in [0.5, 0.6) is 11.6 Å². The largest absolute Gasteiger partial charge is 0.439 e. The fourth-order valence-corrected chi connectivity index (χ4v) is 2.32. The van der Waals surface area contributed by atoms with Gasteiger partial charge in [0.2, 0.25) is 5.88 Å². The van der Waals surface area contributed by atoms with Crippen LogP contribution in [0.1, 0.15) is 5.56 Å². The number of hydrogen-bond acceptors (Lipinski definition) is 3. The Labute approximate surface area is 143 Å². The molecule has 0 aliphatic rings. The van der Waals surface area contributed by atoms with Gasteiger partial charge in [-0.2, -0.15) is 13.2 Å². The van der Waals surface area contributed by atoms with Crippen molar-refractivity contribution in [3.8, 4) is 11.6 Å². The number of pyridine rings is 1. The average Bonchev–Trinajstić information content (AvgIpc) is 2.61. The number of nitrogens with zero attached hydrogens (tertiary/aromatic N) is 2. The fourth-order valence-electron chi connectivity index (χ4n) is 2.32. The molecule has 0 aliphatic carbocycles. The van der Waals surface area contributed by atoms with Crippen LogP contribution in [0.15, 0.2) is 72.9 Å². The molecule has 0 saturated carbocycles. The molecule has 0 spiro atoms. The maximum Gasteiger partial charge on any atom is 0.416 e. The van der Waals surface area contributed by atoms with E-state index in [0.29, 0.717) is 0 Å². The van der Waals surface area contributed by atoms with E-state index in [1.54, 1.807) is 18.3 Å². The van der Waals surface area contributed by atoms with Gasteiger partial charge in [-0.3, -0.25) is 0 Å². The number of aromatic nitrogens is 1. The first-order valence-electron chi connectivity index (χ1n) is 7.53. The molecule has 0 fully saturated rings. The highest BCUT2D eigenvalue weighted by atomic mass is 19.4. The zero-order valence-electron chi connectivity index (χ0n) is 13.4. The minimum atomic E-state index is -4.41. The molecule has 3 rings (SSSR count). The van der Waals surface area contributed by atoms with E-state index >= 15 is 0 Å². The summed E-state index contributed by atoms with van der Waals surface area (Å²) in [7, 11) is 1.89. The van der Waals surface area contributed by atoms with E-state index < -0.39 is 11.7 Å². The molecule has 3 nitrogen and oxygen atoms in total. The average molecular weight is 344 g/mol. The van der Waals surface area contributed by atoms with Gasteiger partial charge < -0.3 is 9.64 Å². The predicted octanol–water partition coefficient (Wildman–Crippen LogP) is 5.66. The van der Waals surface area contributed by atoms with Crippen molar-refractivity contribution in [2.24, 2.45) is 0 Å². The van der Waals surface area contributed by atoms with Gasteiger partial charge in [0.25, 0.3) is 0 Å². The molecule has 0 saturated heterocycles. The molecule has 25 heavy (non-hydrogen) atoms. The van der Waals surface area contributed by atoms with Crippen LogP contribution >= 0.6 is 0 Å². The number of para-hydroxylation sites is 1. The SMILES string of the molecule is CN(c1ccccc1)c1ccnc(Oc2cccc(C(F)(F)F)c2)c1. The number of rotatable bonds is 4. The second-order valence-electron chi connectivity index (χ2n) is 5.37. The van der Waals surface area contributed by atoms with Crippen molar-refractivity contribution < 1.29 is 17.9 Å². The fraction of sp³-hybridized carbons (Fsp3) is 0.105. The second kappa shape index (κ2) is 6.84. The minimum Gasteiger partial charge on any atom is -0.439 e. The molecule has 0 N–H and O–H groups in total. The van der Waals surface area contributed by atoms with Crippen LogP contribution in [-0.2, 0) is 6.18 Å². The lowest BCUT2D eigenvalue weighted by Crippen LogP contribution is -2.09. The zero-order chi connectivity index (χ0) is 17.9. The van der Waals surface area contributed by atoms with Crippen molar-refractivity contribution in [3.63, 3.8) is 0 Å². The van der Waals surface area contributed by atoms with Gasteiger partial charge in [0.15, 0.2) is 0 Å². The van der Waals surface area contributed by atoms with Crippen molar-refractivity contribution in [2.45, 2.75) is 6.18 Å². The molecule has 1 aromatic heterocycles. The van der Waals surface area contributed by atoms with E-state index in [2.05, 4.69) is 4.98 Å². The Morgan fingerprint density at radius 3 is 2.36 bits per heavy atom. The molecule has 0 aliphatic heterocycles. The molecule has 0 radical (unpaired) electrons. The van der Waals surface area contributed by atoms with Gasteiger partial charge in [0, 0.05) is 30.7 Å². The molecule has 128 valence electrons. The van der Waals surface area contributed by atoms with Crippen LogP contribution in [0, 0.1) is 0 Å². The molecule has 0 atom stereocenters. The first-order chi connectivity index (χ1) is 11.9. The summed E-state index contributed by atoms with van der Waals surface area (Å²) in [5, 5.41) is 0. The lowest BCUT2D eigenvalue weighted by atomic mass is 10.2. The summed E-state index contributed by atoms with van der Waals surface area (Å²) in [4.78, 5) is 6.00. The van der Waals surface area contributed by atoms with E-state index in [0.717, 1.165) is 23.5 Å². The Kier molecular flexibility index (Phi) is 4.61. The normalized spacial score (nSPS) is 11.2. The maximum absolute atomic E-state index is 12.8. The van der Waals surface area contributed by atoms with Crippen LogP contribution in [0.25, 0.3) is 0 Å². The first kappa shape index (κ1) is 16.8. The molecule has 6 heteroatoms. The van der Waals surface area contributed by atoms with Crippen LogP contribution < -0.4 is 9.64 Å². The predicted molar refractivity (Wildman–Crippen MR) is 90.3 cm³/mol. The van der Waals surface area contributed by atoms with Gasteiger partial charge >= 0.3 is 6.18 Å². The topological polar surface area (TPSA) is 25.4 Å². The van der Waals surface area contributed by atoms with Crippen molar-refractivity contribution in [2.75, 3.05) is 11.9 Å². The number of halogens is 3. The molecule has 1 heterocycles. The Morgan fingerprint density at radius 2 is 1.64 bits per heavy atom. The van der Waals surface area contributed by atoms with E-state index in [9.17, 15) is 13.2 Å². The summed E-state index contributed by atoms with van der Waals surface area (Å²) in [5.41, 5.74) is 1.02. The van der Waals surface area contributed by atoms with Crippen molar-refractivity contribution >= 4 is 11.4 Å². The lowest BCUT2D eigenvalue weighted by molar-refractivity contribution is -0.137. The summed E-state index contributed by atoms with van der Waals surface area (Å²) in [6.07, 6.45) is -2.86. The summed E-state index contributed by atoms with van der Waals surface area (Å²) < 4.78 is 43.9. The van der Waals surface area contributed by atoms with E-state index in [1.807, 2.05) is 42.3 Å². The molecular formula is C19H15F3N2O. The molecule has 0 amide bonds. The van der Waals surface area contributed by atoms with Crippen LogP contribution in [-0.4, -0.2) is 12.0 Å². The number of alkyl halides is 3. The summed E-state index contributed by atoms with van der Waals surface area (Å²) >= 11 is 0. The van der Waals surface area contributed by atoms with Gasteiger partial charge in [-0.25, -0.2) is 4.98 Å². The van der Waals surface area contributed by atoms with Crippen LogP contribution in [0.2, 0.25) is 0 Å². The minimum absolute atomic E-state index is 0.0850. The zero-order valence-corrected chi connectivity index (χ0v) is 13.4. The first-order valence-corrected chi connectivity index (χ1v) is 7.53. The van der Waals surface area contributed by atoms with Gasteiger partial charge in [0.05, 0.1) is 5.56 Å².